The van der Waals surface area contributed by atoms with E-state index in [0.717, 1.165) is 41.1 Å². The van der Waals surface area contributed by atoms with Crippen molar-refractivity contribution in [1.29, 1.82) is 0 Å². The summed E-state index contributed by atoms with van der Waals surface area (Å²) in [6.45, 7) is 2.06. The van der Waals surface area contributed by atoms with Crippen LogP contribution in [0.15, 0.2) is 59.8 Å². The third-order valence-corrected chi connectivity index (χ3v) is 8.32. The molecule has 0 unspecified atom stereocenters. The van der Waals surface area contributed by atoms with Gasteiger partial charge in [0.1, 0.15) is 5.75 Å². The van der Waals surface area contributed by atoms with Gasteiger partial charge in [0.05, 0.1) is 23.5 Å². The summed E-state index contributed by atoms with van der Waals surface area (Å²) >= 11 is 0. The van der Waals surface area contributed by atoms with Crippen LogP contribution in [0, 0.1) is 0 Å². The van der Waals surface area contributed by atoms with Crippen LogP contribution in [0.1, 0.15) is 17.0 Å². The average molecular weight is 410 g/mol. The van der Waals surface area contributed by atoms with Gasteiger partial charge in [0.25, 0.3) is 0 Å². The Kier molecular flexibility index (Phi) is 4.26. The van der Waals surface area contributed by atoms with Crippen molar-refractivity contribution in [2.75, 3.05) is 20.2 Å². The second-order valence-corrected chi connectivity index (χ2v) is 10.0. The van der Waals surface area contributed by atoms with Crippen LogP contribution in [-0.2, 0) is 23.4 Å². The first-order chi connectivity index (χ1) is 14.0. The Morgan fingerprint density at radius 2 is 1.90 bits per heavy atom. The molecule has 2 atom stereocenters. The predicted octanol–water partition coefficient (Wildman–Crippen LogP) is 2.85. The van der Waals surface area contributed by atoms with Crippen molar-refractivity contribution in [3.63, 3.8) is 0 Å². The second kappa shape index (κ2) is 6.71. The zero-order valence-corrected chi connectivity index (χ0v) is 17.3. The van der Waals surface area contributed by atoms with Crippen LogP contribution in [0.25, 0.3) is 11.1 Å². The third kappa shape index (κ3) is 3.05. The molecule has 6 nitrogen and oxygen atoms in total. The summed E-state index contributed by atoms with van der Waals surface area (Å²) in [5.41, 5.74) is 4.13. The van der Waals surface area contributed by atoms with Gasteiger partial charge in [-0.05, 0) is 41.0 Å². The van der Waals surface area contributed by atoms with E-state index in [1.807, 2.05) is 55.8 Å². The number of ether oxygens (including phenoxy) is 1. The van der Waals surface area contributed by atoms with E-state index in [1.165, 1.54) is 0 Å². The van der Waals surface area contributed by atoms with Crippen LogP contribution in [0.2, 0.25) is 0 Å². The summed E-state index contributed by atoms with van der Waals surface area (Å²) in [4.78, 5) is 2.75. The molecule has 0 amide bonds. The van der Waals surface area contributed by atoms with Gasteiger partial charge in [0, 0.05) is 44.4 Å². The highest BCUT2D eigenvalue weighted by atomic mass is 32.2. The lowest BCUT2D eigenvalue weighted by molar-refractivity contribution is 0.325. The minimum absolute atomic E-state index is 0.0184. The highest BCUT2D eigenvalue weighted by Crippen LogP contribution is 2.46. The number of aromatic nitrogens is 2. The summed E-state index contributed by atoms with van der Waals surface area (Å²) in [5.74, 6) is 0.844. The second-order valence-electron chi connectivity index (χ2n) is 7.89. The molecule has 1 saturated heterocycles. The van der Waals surface area contributed by atoms with Gasteiger partial charge in [0.15, 0.2) is 9.84 Å². The number of likely N-dealkylation sites (tertiary alicyclic amines) is 1. The third-order valence-electron chi connectivity index (χ3n) is 6.06. The van der Waals surface area contributed by atoms with Crippen molar-refractivity contribution in [2.45, 2.75) is 22.6 Å². The lowest BCUT2D eigenvalue weighted by Crippen LogP contribution is -2.25. The molecule has 5 rings (SSSR count). The fraction of sp³-hybridized carbons (Fsp3) is 0.318. The number of aryl methyl sites for hydroxylation is 1. The standard InChI is InChI=1S/C22H23N3O3S/c1-24-12-17(10-23-24)16-5-8-21-19(9-16)20-13-25(14-22(20)29(21,26)27)11-15-3-6-18(28-2)7-4-15/h3-10,12,20,22H,11,13-14H2,1-2H3/t20-,22+/m1/s1. The molecule has 150 valence electrons. The molecule has 7 heteroatoms. The topological polar surface area (TPSA) is 64.4 Å². The summed E-state index contributed by atoms with van der Waals surface area (Å²) in [7, 11) is 0.237. The van der Waals surface area contributed by atoms with Gasteiger partial charge in [-0.15, -0.1) is 0 Å². The molecule has 1 aromatic heterocycles. The van der Waals surface area contributed by atoms with Crippen molar-refractivity contribution >= 4 is 9.84 Å². The largest absolute Gasteiger partial charge is 0.497 e. The number of methoxy groups -OCH3 is 1. The monoisotopic (exact) mass is 409 g/mol. The fourth-order valence-corrected chi connectivity index (χ4v) is 6.79. The zero-order valence-electron chi connectivity index (χ0n) is 16.4. The van der Waals surface area contributed by atoms with Crippen LogP contribution in [-0.4, -0.2) is 48.5 Å². The van der Waals surface area contributed by atoms with Gasteiger partial charge < -0.3 is 4.74 Å². The number of sulfone groups is 1. The molecule has 0 radical (unpaired) electrons. The first-order valence-corrected chi connectivity index (χ1v) is 11.2. The Morgan fingerprint density at radius 3 is 2.59 bits per heavy atom. The van der Waals surface area contributed by atoms with Gasteiger partial charge in [-0.1, -0.05) is 18.2 Å². The summed E-state index contributed by atoms with van der Waals surface area (Å²) in [6.07, 6.45) is 3.76. The lowest BCUT2D eigenvalue weighted by Gasteiger charge is -2.17. The van der Waals surface area contributed by atoms with Crippen LogP contribution in [0.4, 0.5) is 0 Å². The lowest BCUT2D eigenvalue weighted by atomic mass is 9.95. The molecule has 2 aliphatic heterocycles. The van der Waals surface area contributed by atoms with Crippen LogP contribution < -0.4 is 4.74 Å². The maximum Gasteiger partial charge on any atom is 0.183 e. The highest BCUT2D eigenvalue weighted by molar-refractivity contribution is 7.92. The molecular formula is C22H23N3O3S. The van der Waals surface area contributed by atoms with Gasteiger partial charge in [-0.2, -0.15) is 5.10 Å². The van der Waals surface area contributed by atoms with Crippen LogP contribution in [0.3, 0.4) is 0 Å². The first-order valence-electron chi connectivity index (χ1n) is 9.68. The van der Waals surface area contributed by atoms with E-state index in [4.69, 9.17) is 4.74 Å². The Labute approximate surface area is 170 Å². The normalized spacial score (nSPS) is 22.4. The fourth-order valence-electron chi connectivity index (χ4n) is 4.59. The van der Waals surface area contributed by atoms with E-state index in [-0.39, 0.29) is 11.2 Å². The number of hydrogen-bond donors (Lipinski definition) is 0. The van der Waals surface area contributed by atoms with Gasteiger partial charge in [-0.25, -0.2) is 8.42 Å². The maximum atomic E-state index is 13.1. The SMILES string of the molecule is COc1ccc(CN2C[C@@H]3c4cc(-c5cnn(C)c5)ccc4S(=O)(=O)[C@H]3C2)cc1. The molecule has 3 aromatic rings. The van der Waals surface area contributed by atoms with Gasteiger partial charge in [-0.3, -0.25) is 9.58 Å². The van der Waals surface area contributed by atoms with Crippen molar-refractivity contribution in [3.05, 3.63) is 66.0 Å². The molecule has 2 aromatic carbocycles. The van der Waals surface area contributed by atoms with Crippen molar-refractivity contribution in [1.82, 2.24) is 14.7 Å². The Hall–Kier alpha value is -2.64. The minimum atomic E-state index is -3.30. The van der Waals surface area contributed by atoms with Crippen molar-refractivity contribution in [3.8, 4) is 16.9 Å². The van der Waals surface area contributed by atoms with Gasteiger partial charge in [0.2, 0.25) is 0 Å². The summed E-state index contributed by atoms with van der Waals surface area (Å²) < 4.78 is 33.3. The number of hydrogen-bond acceptors (Lipinski definition) is 5. The Balaban J connectivity index is 1.43. The number of fused-ring (bicyclic) bond motifs is 3. The molecule has 1 fully saturated rings. The van der Waals surface area contributed by atoms with Gasteiger partial charge >= 0.3 is 0 Å². The molecule has 0 spiro atoms. The van der Waals surface area contributed by atoms with E-state index in [9.17, 15) is 8.42 Å². The zero-order chi connectivity index (χ0) is 20.2. The molecule has 0 aliphatic carbocycles. The van der Waals surface area contributed by atoms with Crippen LogP contribution >= 0.6 is 0 Å². The Morgan fingerprint density at radius 1 is 1.10 bits per heavy atom. The molecule has 0 N–H and O–H groups in total. The van der Waals surface area contributed by atoms with E-state index >= 15 is 0 Å². The first kappa shape index (κ1) is 18.4. The number of benzene rings is 2. The van der Waals surface area contributed by atoms with E-state index in [1.54, 1.807) is 17.9 Å². The molecule has 0 saturated carbocycles. The van der Waals surface area contributed by atoms with E-state index in [2.05, 4.69) is 10.00 Å². The molecular weight excluding hydrogens is 386 g/mol. The summed E-state index contributed by atoms with van der Waals surface area (Å²) in [6, 6.07) is 13.7. The molecule has 0 bridgehead atoms. The van der Waals surface area contributed by atoms with Crippen LogP contribution in [0.5, 0.6) is 5.75 Å². The molecule has 29 heavy (non-hydrogen) atoms. The number of nitrogens with zero attached hydrogens (tertiary/aromatic N) is 3. The predicted molar refractivity (Wildman–Crippen MR) is 111 cm³/mol. The highest BCUT2D eigenvalue weighted by Gasteiger charge is 2.50. The molecule has 2 aliphatic rings. The van der Waals surface area contributed by atoms with E-state index in [0.29, 0.717) is 11.4 Å². The minimum Gasteiger partial charge on any atom is -0.497 e. The Bertz CT molecular complexity index is 1170. The summed E-state index contributed by atoms with van der Waals surface area (Å²) in [5, 5.41) is 3.87. The maximum absolute atomic E-state index is 13.1. The quantitative estimate of drug-likeness (QED) is 0.663. The van der Waals surface area contributed by atoms with Crippen molar-refractivity contribution in [2.24, 2.45) is 7.05 Å². The average Bonchev–Trinajstić information content (AvgIpc) is 3.39. The van der Waals surface area contributed by atoms with Crippen molar-refractivity contribution < 1.29 is 13.2 Å². The number of rotatable bonds is 4. The van der Waals surface area contributed by atoms with E-state index < -0.39 is 9.84 Å². The smallest absolute Gasteiger partial charge is 0.183 e. The molecule has 3 heterocycles.